The summed E-state index contributed by atoms with van der Waals surface area (Å²) < 4.78 is 38.3. The van der Waals surface area contributed by atoms with E-state index in [9.17, 15) is 8.42 Å². The van der Waals surface area contributed by atoms with Gasteiger partial charge >= 0.3 is 0 Å². The van der Waals surface area contributed by atoms with Crippen molar-refractivity contribution in [2.45, 2.75) is 24.0 Å². The molecule has 0 amide bonds. The normalized spacial score (nSPS) is 21.7. The number of fused-ring (bicyclic) bond motifs is 1. The summed E-state index contributed by atoms with van der Waals surface area (Å²) in [5.41, 5.74) is 0.651. The molecule has 0 bridgehead atoms. The molecule has 0 aliphatic carbocycles. The molecule has 0 spiro atoms. The van der Waals surface area contributed by atoms with Crippen molar-refractivity contribution in [1.82, 2.24) is 0 Å². The number of anilines is 1. The van der Waals surface area contributed by atoms with E-state index < -0.39 is 10.0 Å². The van der Waals surface area contributed by atoms with Crippen molar-refractivity contribution in [2.75, 3.05) is 24.7 Å². The maximum absolute atomic E-state index is 11.9. The molecule has 0 atom stereocenters. The zero-order chi connectivity index (χ0) is 14.0. The van der Waals surface area contributed by atoms with Crippen LogP contribution in [0.5, 0.6) is 0 Å². The van der Waals surface area contributed by atoms with Crippen LogP contribution in [0.25, 0.3) is 0 Å². The third kappa shape index (κ3) is 2.70. The van der Waals surface area contributed by atoms with Gasteiger partial charge in [-0.3, -0.25) is 0 Å². The van der Waals surface area contributed by atoms with Crippen LogP contribution >= 0.6 is 0 Å². The minimum absolute atomic E-state index is 0.220. The average Bonchev–Trinajstić information content (AvgIpc) is 2.48. The van der Waals surface area contributed by atoms with E-state index >= 15 is 0 Å². The predicted molar refractivity (Wildman–Crippen MR) is 74.4 cm³/mol. The third-order valence-corrected chi connectivity index (χ3v) is 4.55. The minimum atomic E-state index is -3.55. The fraction of sp³-hybridized carbons (Fsp3) is 0.462. The molecule has 0 unspecified atom stereocenters. The molecule has 3 rings (SSSR count). The van der Waals surface area contributed by atoms with Crippen molar-refractivity contribution in [3.05, 3.63) is 24.3 Å². The first-order valence-corrected chi connectivity index (χ1v) is 8.00. The highest BCUT2D eigenvalue weighted by atomic mass is 32.2. The fourth-order valence-corrected chi connectivity index (χ4v) is 3.33. The maximum atomic E-state index is 11.9. The van der Waals surface area contributed by atoms with Gasteiger partial charge in [-0.25, -0.2) is 0 Å². The largest absolute Gasteiger partial charge is 0.353 e. The number of nitrogens with zero attached hydrogens (tertiary/aromatic N) is 2. The van der Waals surface area contributed by atoms with Gasteiger partial charge in [0, 0.05) is 13.0 Å². The van der Waals surface area contributed by atoms with Gasteiger partial charge in [-0.05, 0) is 18.6 Å². The molecule has 1 aromatic rings. The molecule has 2 aliphatic rings. The molecule has 108 valence electrons. The number of benzene rings is 1. The summed E-state index contributed by atoms with van der Waals surface area (Å²) in [5, 5.41) is 0. The van der Waals surface area contributed by atoms with Crippen molar-refractivity contribution >= 4 is 22.0 Å². The Bertz CT molecular complexity index is 609. The van der Waals surface area contributed by atoms with Crippen LogP contribution < -0.4 is 4.90 Å². The summed E-state index contributed by atoms with van der Waals surface area (Å²) >= 11 is 0. The van der Waals surface area contributed by atoms with Crippen molar-refractivity contribution < 1.29 is 17.9 Å². The van der Waals surface area contributed by atoms with Crippen LogP contribution in [0.15, 0.2) is 33.6 Å². The van der Waals surface area contributed by atoms with Gasteiger partial charge in [-0.15, -0.1) is 4.40 Å². The van der Waals surface area contributed by atoms with Crippen LogP contribution in [0.3, 0.4) is 0 Å². The number of ether oxygens (including phenoxy) is 2. The van der Waals surface area contributed by atoms with E-state index in [-0.39, 0.29) is 11.2 Å². The van der Waals surface area contributed by atoms with E-state index in [0.29, 0.717) is 31.9 Å². The summed E-state index contributed by atoms with van der Waals surface area (Å²) in [5.74, 6) is 0. The zero-order valence-corrected chi connectivity index (χ0v) is 11.8. The molecule has 2 aliphatic heterocycles. The summed E-state index contributed by atoms with van der Waals surface area (Å²) in [4.78, 5) is 2.06. The highest BCUT2D eigenvalue weighted by molar-refractivity contribution is 7.90. The lowest BCUT2D eigenvalue weighted by atomic mass is 10.2. The first-order chi connectivity index (χ1) is 9.67. The summed E-state index contributed by atoms with van der Waals surface area (Å²) in [6, 6.07) is 6.86. The Morgan fingerprint density at radius 2 is 2.00 bits per heavy atom. The van der Waals surface area contributed by atoms with Gasteiger partial charge < -0.3 is 14.4 Å². The zero-order valence-electron chi connectivity index (χ0n) is 10.9. The second-order valence-electron chi connectivity index (χ2n) is 4.67. The lowest BCUT2D eigenvalue weighted by Gasteiger charge is -2.28. The van der Waals surface area contributed by atoms with Crippen LogP contribution in [0, 0.1) is 0 Å². The molecule has 1 saturated heterocycles. The number of para-hydroxylation sites is 1. The molecule has 0 radical (unpaired) electrons. The fourth-order valence-electron chi connectivity index (χ4n) is 2.28. The quantitative estimate of drug-likeness (QED) is 0.843. The highest BCUT2D eigenvalue weighted by Crippen LogP contribution is 2.29. The summed E-state index contributed by atoms with van der Waals surface area (Å²) in [6.07, 6.45) is 2.73. The van der Waals surface area contributed by atoms with Crippen LogP contribution in [0.1, 0.15) is 12.8 Å². The number of hydrogen-bond donors (Lipinski definition) is 0. The van der Waals surface area contributed by atoms with E-state index in [1.807, 2.05) is 11.0 Å². The van der Waals surface area contributed by atoms with Crippen molar-refractivity contribution in [2.24, 2.45) is 4.40 Å². The van der Waals surface area contributed by atoms with Crippen molar-refractivity contribution in [1.29, 1.82) is 0 Å². The van der Waals surface area contributed by atoms with E-state index in [0.717, 1.165) is 6.42 Å². The Morgan fingerprint density at radius 3 is 2.80 bits per heavy atom. The average molecular weight is 296 g/mol. The smallest absolute Gasteiger partial charge is 0.285 e. The van der Waals surface area contributed by atoms with Gasteiger partial charge in [0.2, 0.25) is 0 Å². The van der Waals surface area contributed by atoms with Gasteiger partial charge in [0.25, 0.3) is 10.0 Å². The first-order valence-electron chi connectivity index (χ1n) is 6.56. The second kappa shape index (κ2) is 5.51. The van der Waals surface area contributed by atoms with E-state index in [1.54, 1.807) is 18.2 Å². The molecule has 7 heteroatoms. The predicted octanol–water partition coefficient (Wildman–Crippen LogP) is 1.38. The van der Waals surface area contributed by atoms with Gasteiger partial charge in [0.1, 0.15) is 11.2 Å². The lowest BCUT2D eigenvalue weighted by Crippen LogP contribution is -2.33. The van der Waals surface area contributed by atoms with E-state index in [1.165, 1.54) is 6.34 Å². The minimum Gasteiger partial charge on any atom is -0.353 e. The molecular formula is C13H16N2O4S. The molecule has 0 N–H and O–H groups in total. The molecule has 6 nitrogen and oxygen atoms in total. The SMILES string of the molecule is O=S1(=O)N=CN(CCC2OCCCO2)c2ccccc21. The Hall–Kier alpha value is -1.44. The van der Waals surface area contributed by atoms with Crippen LogP contribution in [-0.2, 0) is 19.5 Å². The third-order valence-electron chi connectivity index (χ3n) is 3.28. The van der Waals surface area contributed by atoms with E-state index in [4.69, 9.17) is 9.47 Å². The Morgan fingerprint density at radius 1 is 1.25 bits per heavy atom. The maximum Gasteiger partial charge on any atom is 0.285 e. The van der Waals surface area contributed by atoms with Crippen molar-refractivity contribution in [3.63, 3.8) is 0 Å². The molecular weight excluding hydrogens is 280 g/mol. The standard InChI is InChI=1S/C13H16N2O4S/c16-20(17)12-5-2-1-4-11(12)15(10-14-20)7-6-13-18-8-3-9-19-13/h1-2,4-5,10,13H,3,6-9H2. The molecule has 0 aromatic heterocycles. The Balaban J connectivity index is 1.74. The topological polar surface area (TPSA) is 68.2 Å². The number of rotatable bonds is 3. The van der Waals surface area contributed by atoms with E-state index in [2.05, 4.69) is 4.40 Å². The molecule has 1 fully saturated rings. The highest BCUT2D eigenvalue weighted by Gasteiger charge is 2.25. The molecule has 1 aromatic carbocycles. The monoisotopic (exact) mass is 296 g/mol. The van der Waals surface area contributed by atoms with Crippen LogP contribution in [0.4, 0.5) is 5.69 Å². The Labute approximate surface area is 118 Å². The second-order valence-corrected chi connectivity index (χ2v) is 6.27. The van der Waals surface area contributed by atoms with Gasteiger partial charge in [0.15, 0.2) is 6.29 Å². The summed E-state index contributed by atoms with van der Waals surface area (Å²) in [6.45, 7) is 2.02. The Kier molecular flexibility index (Phi) is 3.73. The lowest BCUT2D eigenvalue weighted by molar-refractivity contribution is -0.179. The van der Waals surface area contributed by atoms with Gasteiger partial charge in [-0.1, -0.05) is 12.1 Å². The molecule has 20 heavy (non-hydrogen) atoms. The van der Waals surface area contributed by atoms with Crippen molar-refractivity contribution in [3.8, 4) is 0 Å². The van der Waals surface area contributed by atoms with Crippen LogP contribution in [-0.4, -0.2) is 40.8 Å². The van der Waals surface area contributed by atoms with Gasteiger partial charge in [-0.2, -0.15) is 8.42 Å². The molecule has 2 heterocycles. The first kappa shape index (κ1) is 13.5. The number of sulfonamides is 1. The van der Waals surface area contributed by atoms with Crippen LogP contribution in [0.2, 0.25) is 0 Å². The van der Waals surface area contributed by atoms with Gasteiger partial charge in [0.05, 0.1) is 18.9 Å². The molecule has 0 saturated carbocycles. The summed E-state index contributed by atoms with van der Waals surface area (Å²) in [7, 11) is -3.55. The number of hydrogen-bond acceptors (Lipinski definition) is 5.